The first-order valence-electron chi connectivity index (χ1n) is 6.53. The second kappa shape index (κ2) is 6.43. The molecule has 0 N–H and O–H groups in total. The molecular weight excluding hydrogens is 291 g/mol. The molecule has 1 aromatic carbocycles. The monoisotopic (exact) mass is 306 g/mol. The zero-order chi connectivity index (χ0) is 16.3. The van der Waals surface area contributed by atoms with Crippen molar-refractivity contribution >= 4 is 11.9 Å². The van der Waals surface area contributed by atoms with E-state index in [1.54, 1.807) is 19.9 Å². The maximum absolute atomic E-state index is 13.4. The summed E-state index contributed by atoms with van der Waals surface area (Å²) in [4.78, 5) is 23.3. The highest BCUT2D eigenvalue weighted by atomic mass is 19.1. The topological polar surface area (TPSA) is 65.7 Å². The minimum Gasteiger partial charge on any atom is -0.463 e. The van der Waals surface area contributed by atoms with E-state index in [0.717, 1.165) is 6.07 Å². The first-order chi connectivity index (χ1) is 10.4. The van der Waals surface area contributed by atoms with Crippen LogP contribution in [-0.2, 0) is 16.1 Å². The molecule has 0 fully saturated rings. The van der Waals surface area contributed by atoms with Crippen LogP contribution in [0.3, 0.4) is 0 Å². The van der Waals surface area contributed by atoms with Crippen LogP contribution < -0.4 is 0 Å². The number of halogens is 1. The minimum absolute atomic E-state index is 0.0647. The lowest BCUT2D eigenvalue weighted by Crippen LogP contribution is -2.05. The molecule has 5 nitrogen and oxygen atoms in total. The molecule has 0 atom stereocenters. The molecule has 6 heteroatoms. The average molecular weight is 306 g/mol. The van der Waals surface area contributed by atoms with Gasteiger partial charge in [0, 0.05) is 5.56 Å². The molecule has 0 aliphatic heterocycles. The minimum atomic E-state index is -0.674. The standard InChI is InChI=1S/C16H15FO5/c1-9-4-5-11(7-13(9)17)15(18)21-8-12-6-10(2)14(22-12)16(19)20-3/h4-7H,8H2,1-3H3. The van der Waals surface area contributed by atoms with Crippen molar-refractivity contribution in [2.75, 3.05) is 7.11 Å². The van der Waals surface area contributed by atoms with Crippen molar-refractivity contribution in [3.8, 4) is 0 Å². The molecule has 0 amide bonds. The number of hydrogen-bond donors (Lipinski definition) is 0. The molecule has 2 rings (SSSR count). The summed E-state index contributed by atoms with van der Waals surface area (Å²) in [5.74, 6) is -1.38. The van der Waals surface area contributed by atoms with E-state index in [0.29, 0.717) is 16.9 Å². The molecule has 0 saturated carbocycles. The number of ether oxygens (including phenoxy) is 2. The zero-order valence-corrected chi connectivity index (χ0v) is 12.4. The van der Waals surface area contributed by atoms with E-state index in [4.69, 9.17) is 9.15 Å². The smallest absolute Gasteiger partial charge is 0.374 e. The number of hydrogen-bond acceptors (Lipinski definition) is 5. The second-order valence-electron chi connectivity index (χ2n) is 4.76. The number of carbonyl (C=O) groups excluding carboxylic acids is 2. The van der Waals surface area contributed by atoms with Crippen molar-refractivity contribution in [3.63, 3.8) is 0 Å². The van der Waals surface area contributed by atoms with Crippen LogP contribution in [0.1, 0.15) is 37.8 Å². The van der Waals surface area contributed by atoms with E-state index < -0.39 is 17.8 Å². The van der Waals surface area contributed by atoms with Gasteiger partial charge in [-0.3, -0.25) is 0 Å². The summed E-state index contributed by atoms with van der Waals surface area (Å²) in [5, 5.41) is 0. The zero-order valence-electron chi connectivity index (χ0n) is 12.4. The van der Waals surface area contributed by atoms with Crippen LogP contribution in [-0.4, -0.2) is 19.0 Å². The normalized spacial score (nSPS) is 10.4. The molecule has 0 aliphatic rings. The van der Waals surface area contributed by atoms with Crippen molar-refractivity contribution in [2.45, 2.75) is 20.5 Å². The summed E-state index contributed by atoms with van der Waals surface area (Å²) >= 11 is 0. The maximum atomic E-state index is 13.4. The van der Waals surface area contributed by atoms with Crippen molar-refractivity contribution in [1.82, 2.24) is 0 Å². The van der Waals surface area contributed by atoms with Gasteiger partial charge in [-0.05, 0) is 37.6 Å². The number of carbonyl (C=O) groups is 2. The summed E-state index contributed by atoms with van der Waals surface area (Å²) in [5.41, 5.74) is 1.14. The first-order valence-corrected chi connectivity index (χ1v) is 6.53. The molecule has 0 unspecified atom stereocenters. The molecular formula is C16H15FO5. The Morgan fingerprint density at radius 2 is 1.86 bits per heavy atom. The fourth-order valence-electron chi connectivity index (χ4n) is 1.85. The molecule has 116 valence electrons. The van der Waals surface area contributed by atoms with Gasteiger partial charge >= 0.3 is 11.9 Å². The molecule has 0 aliphatic carbocycles. The molecule has 0 saturated heterocycles. The highest BCUT2D eigenvalue weighted by Crippen LogP contribution is 2.17. The van der Waals surface area contributed by atoms with E-state index in [2.05, 4.69) is 4.74 Å². The lowest BCUT2D eigenvalue weighted by Gasteiger charge is -2.04. The van der Waals surface area contributed by atoms with Crippen molar-refractivity contribution in [2.24, 2.45) is 0 Å². The van der Waals surface area contributed by atoms with Crippen LogP contribution in [0.2, 0.25) is 0 Å². The molecule has 2 aromatic rings. The van der Waals surface area contributed by atoms with Gasteiger partial charge in [-0.2, -0.15) is 0 Å². The van der Waals surface area contributed by atoms with Gasteiger partial charge in [-0.15, -0.1) is 0 Å². The van der Waals surface area contributed by atoms with Crippen LogP contribution in [0.5, 0.6) is 0 Å². The van der Waals surface area contributed by atoms with Crippen LogP contribution in [0.15, 0.2) is 28.7 Å². The number of benzene rings is 1. The predicted molar refractivity (Wildman–Crippen MR) is 75.0 cm³/mol. The van der Waals surface area contributed by atoms with Gasteiger partial charge in [0.25, 0.3) is 0 Å². The predicted octanol–water partition coefficient (Wildman–Crippen LogP) is 3.18. The number of aryl methyl sites for hydroxylation is 2. The molecule has 1 heterocycles. The third kappa shape index (κ3) is 3.33. The molecule has 0 bridgehead atoms. The molecule has 22 heavy (non-hydrogen) atoms. The van der Waals surface area contributed by atoms with Crippen molar-refractivity contribution < 1.29 is 27.9 Å². The second-order valence-corrected chi connectivity index (χ2v) is 4.76. The Morgan fingerprint density at radius 1 is 1.14 bits per heavy atom. The van der Waals surface area contributed by atoms with Crippen LogP contribution in [0.4, 0.5) is 4.39 Å². The number of rotatable bonds is 4. The van der Waals surface area contributed by atoms with Gasteiger partial charge in [0.15, 0.2) is 0 Å². The Kier molecular flexibility index (Phi) is 4.60. The third-order valence-electron chi connectivity index (χ3n) is 3.09. The highest BCUT2D eigenvalue weighted by Gasteiger charge is 2.17. The van der Waals surface area contributed by atoms with Crippen molar-refractivity contribution in [1.29, 1.82) is 0 Å². The Bertz CT molecular complexity index is 717. The quantitative estimate of drug-likeness (QED) is 0.812. The lowest BCUT2D eigenvalue weighted by molar-refractivity contribution is 0.0438. The summed E-state index contributed by atoms with van der Waals surface area (Å²) in [6.07, 6.45) is 0. The third-order valence-corrected chi connectivity index (χ3v) is 3.09. The summed E-state index contributed by atoms with van der Waals surface area (Å²) < 4.78 is 28.3. The number of esters is 2. The first kappa shape index (κ1) is 15.8. The summed E-state index contributed by atoms with van der Waals surface area (Å²) in [7, 11) is 1.25. The van der Waals surface area contributed by atoms with Gasteiger partial charge in [-0.1, -0.05) is 6.07 Å². The van der Waals surface area contributed by atoms with Gasteiger partial charge in [0.05, 0.1) is 12.7 Å². The Labute approximate surface area is 126 Å². The Morgan fingerprint density at radius 3 is 2.50 bits per heavy atom. The van der Waals surface area contributed by atoms with E-state index in [9.17, 15) is 14.0 Å². The number of methoxy groups -OCH3 is 1. The maximum Gasteiger partial charge on any atom is 0.374 e. The lowest BCUT2D eigenvalue weighted by atomic mass is 10.1. The van der Waals surface area contributed by atoms with Crippen molar-refractivity contribution in [3.05, 3.63) is 58.3 Å². The highest BCUT2D eigenvalue weighted by molar-refractivity contribution is 5.89. The van der Waals surface area contributed by atoms with E-state index >= 15 is 0 Å². The van der Waals surface area contributed by atoms with Gasteiger partial charge < -0.3 is 13.9 Å². The van der Waals surface area contributed by atoms with Gasteiger partial charge in [0.1, 0.15) is 18.2 Å². The van der Waals surface area contributed by atoms with E-state index in [-0.39, 0.29) is 17.9 Å². The molecule has 0 radical (unpaired) electrons. The summed E-state index contributed by atoms with van der Waals surface area (Å²) in [6, 6.07) is 5.67. The fraction of sp³-hybridized carbons (Fsp3) is 0.250. The Balaban J connectivity index is 2.05. The Hall–Kier alpha value is -2.63. The van der Waals surface area contributed by atoms with Crippen LogP contribution in [0, 0.1) is 19.7 Å². The van der Waals surface area contributed by atoms with Crippen LogP contribution in [0.25, 0.3) is 0 Å². The van der Waals surface area contributed by atoms with Gasteiger partial charge in [-0.25, -0.2) is 14.0 Å². The average Bonchev–Trinajstić information content (AvgIpc) is 2.87. The van der Waals surface area contributed by atoms with Gasteiger partial charge in [0.2, 0.25) is 5.76 Å². The summed E-state index contributed by atoms with van der Waals surface area (Å²) in [6.45, 7) is 3.12. The number of furan rings is 1. The fourth-order valence-corrected chi connectivity index (χ4v) is 1.85. The molecule has 0 spiro atoms. The largest absolute Gasteiger partial charge is 0.463 e. The van der Waals surface area contributed by atoms with E-state index in [1.165, 1.54) is 19.2 Å². The molecule has 1 aromatic heterocycles. The van der Waals surface area contributed by atoms with E-state index in [1.807, 2.05) is 0 Å². The van der Waals surface area contributed by atoms with Crippen LogP contribution >= 0.6 is 0 Å². The SMILES string of the molecule is COC(=O)c1oc(COC(=O)c2ccc(C)c(F)c2)cc1C.